The Bertz CT molecular complexity index is 557. The zero-order chi connectivity index (χ0) is 16.0. The lowest BCUT2D eigenvalue weighted by atomic mass is 9.87. The van der Waals surface area contributed by atoms with Crippen molar-refractivity contribution in [3.8, 4) is 11.8 Å². The van der Waals surface area contributed by atoms with Gasteiger partial charge >= 0.3 is 0 Å². The fourth-order valence-electron chi connectivity index (χ4n) is 2.53. The molecule has 0 saturated heterocycles. The molecule has 1 aliphatic rings. The minimum Gasteiger partial charge on any atom is -0.396 e. The molecule has 0 bridgehead atoms. The van der Waals surface area contributed by atoms with E-state index in [1.807, 2.05) is 33.8 Å². The maximum absolute atomic E-state index is 12.2. The Morgan fingerprint density at radius 1 is 1.38 bits per heavy atom. The van der Waals surface area contributed by atoms with E-state index in [-0.39, 0.29) is 18.3 Å². The number of rotatable bonds is 4. The molecule has 0 spiro atoms. The van der Waals surface area contributed by atoms with Crippen molar-refractivity contribution in [1.82, 2.24) is 0 Å². The second-order valence-corrected chi connectivity index (χ2v) is 5.38. The largest absolute Gasteiger partial charge is 0.396 e. The summed E-state index contributed by atoms with van der Waals surface area (Å²) in [6.45, 7) is 9.78. The third-order valence-corrected chi connectivity index (χ3v) is 3.63. The highest BCUT2D eigenvalue weighted by atomic mass is 16.3. The summed E-state index contributed by atoms with van der Waals surface area (Å²) < 4.78 is 0. The zero-order valence-corrected chi connectivity index (χ0v) is 13.8. The van der Waals surface area contributed by atoms with Crippen molar-refractivity contribution in [3.05, 3.63) is 34.4 Å². The first-order valence-corrected chi connectivity index (χ1v) is 7.80. The quantitative estimate of drug-likeness (QED) is 0.511. The Kier molecular flexibility index (Phi) is 6.65. The Morgan fingerprint density at radius 3 is 2.48 bits per heavy atom. The number of aliphatic hydroxyl groups excluding tert-OH is 1. The number of Topliss-reactive ketones (excluding diaryl/α,β-unsaturated/α-hetero) is 1. The fraction of sp³-hybridized carbons (Fsp3) is 0.526. The summed E-state index contributed by atoms with van der Waals surface area (Å²) in [5, 5.41) is 9.43. The first-order valence-electron chi connectivity index (χ1n) is 7.80. The summed E-state index contributed by atoms with van der Waals surface area (Å²) in [5.74, 6) is 5.77. The summed E-state index contributed by atoms with van der Waals surface area (Å²) in [7, 11) is 0. The lowest BCUT2D eigenvalue weighted by molar-refractivity contribution is 0.105. The number of benzene rings is 1. The maximum Gasteiger partial charge on any atom is 0.236 e. The topological polar surface area (TPSA) is 37.3 Å². The molecule has 0 aliphatic heterocycles. The van der Waals surface area contributed by atoms with Crippen LogP contribution >= 0.6 is 0 Å². The highest BCUT2D eigenvalue weighted by Crippen LogP contribution is 2.45. The van der Waals surface area contributed by atoms with Gasteiger partial charge in [0.25, 0.3) is 0 Å². The minimum atomic E-state index is -0.0977. The predicted octanol–water partition coefficient (Wildman–Crippen LogP) is 4.20. The first kappa shape index (κ1) is 17.5. The smallest absolute Gasteiger partial charge is 0.236 e. The van der Waals surface area contributed by atoms with E-state index in [1.165, 1.54) is 0 Å². The average molecular weight is 286 g/mol. The van der Waals surface area contributed by atoms with E-state index in [2.05, 4.69) is 17.9 Å². The molecular formula is C19H26O2. The number of carbonyl (C=O) groups excluding carboxylic acids is 1. The van der Waals surface area contributed by atoms with Crippen molar-refractivity contribution in [2.75, 3.05) is 6.61 Å². The molecule has 1 atom stereocenters. The molecule has 114 valence electrons. The molecule has 2 rings (SSSR count). The highest BCUT2D eigenvalue weighted by Gasteiger charge is 2.31. The van der Waals surface area contributed by atoms with E-state index in [9.17, 15) is 9.90 Å². The number of aliphatic hydroxyl groups is 1. The summed E-state index contributed by atoms with van der Waals surface area (Å²) >= 11 is 0. The monoisotopic (exact) mass is 286 g/mol. The molecule has 1 N–H and O–H groups in total. The predicted molar refractivity (Wildman–Crippen MR) is 87.8 cm³/mol. The van der Waals surface area contributed by atoms with Crippen LogP contribution in [0, 0.1) is 18.8 Å². The number of ketones is 1. The molecule has 0 amide bonds. The van der Waals surface area contributed by atoms with Crippen LogP contribution in [0.2, 0.25) is 0 Å². The Balaban J connectivity index is 0.00000106. The molecule has 0 heterocycles. The van der Waals surface area contributed by atoms with Gasteiger partial charge in [0.2, 0.25) is 5.78 Å². The molecule has 1 unspecified atom stereocenters. The third-order valence-electron chi connectivity index (χ3n) is 3.63. The Labute approximate surface area is 128 Å². The van der Waals surface area contributed by atoms with Crippen LogP contribution in [0.15, 0.2) is 12.1 Å². The third kappa shape index (κ3) is 4.19. The average Bonchev–Trinajstić information content (AvgIpc) is 3.32. The maximum atomic E-state index is 12.2. The molecule has 1 aromatic rings. The molecule has 2 heteroatoms. The van der Waals surface area contributed by atoms with Crippen LogP contribution < -0.4 is 0 Å². The minimum absolute atomic E-state index is 0.0663. The molecule has 2 nitrogen and oxygen atoms in total. The van der Waals surface area contributed by atoms with Gasteiger partial charge in [-0.1, -0.05) is 38.3 Å². The van der Waals surface area contributed by atoms with Gasteiger partial charge in [-0.3, -0.25) is 4.79 Å². The van der Waals surface area contributed by atoms with E-state index >= 15 is 0 Å². The van der Waals surface area contributed by atoms with Crippen LogP contribution in [0.1, 0.15) is 79.4 Å². The van der Waals surface area contributed by atoms with Gasteiger partial charge in [0.05, 0.1) is 0 Å². The van der Waals surface area contributed by atoms with Crippen LogP contribution in [0.4, 0.5) is 0 Å². The van der Waals surface area contributed by atoms with Crippen molar-refractivity contribution in [2.45, 2.75) is 59.3 Å². The zero-order valence-electron chi connectivity index (χ0n) is 13.8. The van der Waals surface area contributed by atoms with Crippen molar-refractivity contribution in [1.29, 1.82) is 0 Å². The molecule has 21 heavy (non-hydrogen) atoms. The van der Waals surface area contributed by atoms with Gasteiger partial charge in [-0.25, -0.2) is 0 Å². The molecule has 1 aromatic carbocycles. The van der Waals surface area contributed by atoms with Crippen LogP contribution in [0.5, 0.6) is 0 Å². The Morgan fingerprint density at radius 2 is 2.00 bits per heavy atom. The van der Waals surface area contributed by atoms with Gasteiger partial charge in [0.15, 0.2) is 0 Å². The summed E-state index contributed by atoms with van der Waals surface area (Å²) in [5.41, 5.74) is 4.04. The van der Waals surface area contributed by atoms with Crippen molar-refractivity contribution < 1.29 is 9.90 Å². The molecular weight excluding hydrogens is 260 g/mol. The molecule has 1 saturated carbocycles. The van der Waals surface area contributed by atoms with Gasteiger partial charge in [-0.2, -0.15) is 0 Å². The van der Waals surface area contributed by atoms with Crippen LogP contribution in [-0.4, -0.2) is 17.5 Å². The van der Waals surface area contributed by atoms with Gasteiger partial charge in [-0.15, -0.1) is 0 Å². The number of aryl methyl sites for hydroxylation is 1. The van der Waals surface area contributed by atoms with Crippen LogP contribution in [-0.2, 0) is 0 Å². The molecule has 1 aliphatic carbocycles. The first-order chi connectivity index (χ1) is 10.1. The van der Waals surface area contributed by atoms with Crippen molar-refractivity contribution in [2.24, 2.45) is 0 Å². The number of carbonyl (C=O) groups is 1. The van der Waals surface area contributed by atoms with E-state index in [0.29, 0.717) is 5.92 Å². The van der Waals surface area contributed by atoms with Crippen LogP contribution in [0.3, 0.4) is 0 Å². The fourth-order valence-corrected chi connectivity index (χ4v) is 2.53. The highest BCUT2D eigenvalue weighted by molar-refractivity contribution is 6.10. The summed E-state index contributed by atoms with van der Waals surface area (Å²) in [4.78, 5) is 12.2. The van der Waals surface area contributed by atoms with E-state index in [0.717, 1.165) is 35.1 Å². The second-order valence-electron chi connectivity index (χ2n) is 5.38. The van der Waals surface area contributed by atoms with E-state index in [1.54, 1.807) is 6.92 Å². The Hall–Kier alpha value is -1.59. The van der Waals surface area contributed by atoms with E-state index < -0.39 is 0 Å². The standard InChI is InChI=1S/C17H20O2.C2H6/c1-4-5-16(19)15-9-11(2)8-14(12(3)10-18)17(15)13-6-7-13;1-2/h8-9,12-13,18H,6-7,10H2,1-3H3;1-2H3. The van der Waals surface area contributed by atoms with Gasteiger partial charge < -0.3 is 5.11 Å². The number of hydrogen-bond donors (Lipinski definition) is 1. The second kappa shape index (κ2) is 8.00. The molecule has 0 radical (unpaired) electrons. The summed E-state index contributed by atoms with van der Waals surface area (Å²) in [6.07, 6.45) is 2.27. The molecule has 1 fully saturated rings. The van der Waals surface area contributed by atoms with Gasteiger partial charge in [0.1, 0.15) is 0 Å². The normalized spacial score (nSPS) is 14.4. The van der Waals surface area contributed by atoms with Gasteiger partial charge in [0, 0.05) is 18.1 Å². The van der Waals surface area contributed by atoms with Crippen molar-refractivity contribution in [3.63, 3.8) is 0 Å². The lowest BCUT2D eigenvalue weighted by Crippen LogP contribution is -2.10. The SMILES string of the molecule is CC.CC#CC(=O)c1cc(C)cc(C(C)CO)c1C1CC1. The summed E-state index contributed by atoms with van der Waals surface area (Å²) in [6, 6.07) is 4.04. The molecule has 0 aromatic heterocycles. The lowest BCUT2D eigenvalue weighted by Gasteiger charge is -2.18. The van der Waals surface area contributed by atoms with Gasteiger partial charge in [-0.05, 0) is 55.7 Å². The van der Waals surface area contributed by atoms with Crippen LogP contribution in [0.25, 0.3) is 0 Å². The number of hydrogen-bond acceptors (Lipinski definition) is 2. The van der Waals surface area contributed by atoms with E-state index in [4.69, 9.17) is 0 Å². The van der Waals surface area contributed by atoms with Crippen molar-refractivity contribution >= 4 is 5.78 Å².